The summed E-state index contributed by atoms with van der Waals surface area (Å²) in [6.45, 7) is 13.1. The van der Waals surface area contributed by atoms with Crippen molar-refractivity contribution >= 4 is 27.5 Å². The molecule has 2 aromatic heterocycles. The maximum Gasteiger partial charge on any atom is 0.420 e. The Bertz CT molecular complexity index is 1270. The number of nitrogens with zero attached hydrogens (tertiary/aromatic N) is 2. The summed E-state index contributed by atoms with van der Waals surface area (Å²) in [5, 5.41) is 0. The number of benzene rings is 1. The van der Waals surface area contributed by atoms with Gasteiger partial charge in [-0.1, -0.05) is 52.8 Å². The van der Waals surface area contributed by atoms with Crippen molar-refractivity contribution in [3.8, 4) is 11.1 Å². The highest BCUT2D eigenvalue weighted by Crippen LogP contribution is 2.39. The van der Waals surface area contributed by atoms with E-state index in [1.807, 2.05) is 37.4 Å². The summed E-state index contributed by atoms with van der Waals surface area (Å²) < 4.78 is 32.1. The Hall–Kier alpha value is -2.65. The minimum absolute atomic E-state index is 0.00238. The molecule has 0 saturated carbocycles. The third-order valence-corrected chi connectivity index (χ3v) is 7.97. The summed E-state index contributed by atoms with van der Waals surface area (Å²) >= 11 is 1.12. The molecule has 178 valence electrons. The fraction of sp³-hybridized carbons (Fsp3) is 0.417. The summed E-state index contributed by atoms with van der Waals surface area (Å²) in [6.07, 6.45) is 3.14. The molecule has 0 aliphatic heterocycles. The van der Waals surface area contributed by atoms with Crippen molar-refractivity contribution in [3.05, 3.63) is 58.5 Å². The van der Waals surface area contributed by atoms with Gasteiger partial charge in [-0.3, -0.25) is 0 Å². The van der Waals surface area contributed by atoms with Crippen molar-refractivity contribution in [1.82, 2.24) is 9.55 Å². The van der Waals surface area contributed by atoms with Gasteiger partial charge in [-0.2, -0.15) is 8.42 Å². The largest absolute Gasteiger partial charge is 0.420 e. The molecule has 2 N–H and O–H groups in total. The summed E-state index contributed by atoms with van der Waals surface area (Å²) in [5.74, 6) is 1.34. The van der Waals surface area contributed by atoms with Crippen molar-refractivity contribution in [3.63, 3.8) is 0 Å². The van der Waals surface area contributed by atoms with Crippen LogP contribution in [0.3, 0.4) is 0 Å². The van der Waals surface area contributed by atoms with Gasteiger partial charge in [0.15, 0.2) is 4.21 Å². The molecule has 0 bridgehead atoms. The highest BCUT2D eigenvalue weighted by Gasteiger charge is 2.28. The van der Waals surface area contributed by atoms with Crippen molar-refractivity contribution in [1.29, 1.82) is 0 Å². The molecule has 3 aromatic rings. The lowest BCUT2D eigenvalue weighted by molar-refractivity contribution is 0.213. The number of aryl methyl sites for hydroxylation is 1. The maximum absolute atomic E-state index is 12.7. The minimum atomic E-state index is -4.31. The van der Waals surface area contributed by atoms with Crippen LogP contribution in [-0.4, -0.2) is 24.1 Å². The molecule has 9 heteroatoms. The zero-order valence-corrected chi connectivity index (χ0v) is 21.5. The van der Waals surface area contributed by atoms with Crippen molar-refractivity contribution < 1.29 is 17.4 Å². The molecule has 0 aliphatic rings. The van der Waals surface area contributed by atoms with Gasteiger partial charge in [0.2, 0.25) is 0 Å². The van der Waals surface area contributed by atoms with E-state index in [1.165, 1.54) is 0 Å². The van der Waals surface area contributed by atoms with E-state index in [-0.39, 0.29) is 9.62 Å². The molecule has 2 heterocycles. The van der Waals surface area contributed by atoms with E-state index < -0.39 is 16.2 Å². The van der Waals surface area contributed by atoms with Gasteiger partial charge in [0.05, 0.1) is 0 Å². The van der Waals surface area contributed by atoms with Gasteiger partial charge >= 0.3 is 16.2 Å². The highest BCUT2D eigenvalue weighted by atomic mass is 32.3. The quantitative estimate of drug-likeness (QED) is 0.457. The molecule has 0 aliphatic carbocycles. The molecule has 1 amide bonds. The first-order chi connectivity index (χ1) is 15.3. The molecule has 33 heavy (non-hydrogen) atoms. The van der Waals surface area contributed by atoms with Crippen molar-refractivity contribution in [2.24, 2.45) is 11.7 Å². The van der Waals surface area contributed by atoms with Crippen LogP contribution < -0.4 is 5.73 Å². The van der Waals surface area contributed by atoms with Crippen LogP contribution in [0.15, 0.2) is 40.9 Å². The summed E-state index contributed by atoms with van der Waals surface area (Å²) in [4.78, 5) is 16.6. The van der Waals surface area contributed by atoms with Crippen LogP contribution in [0.4, 0.5) is 4.79 Å². The van der Waals surface area contributed by atoms with E-state index in [2.05, 4.69) is 48.4 Å². The lowest BCUT2D eigenvalue weighted by Crippen LogP contribution is -2.19. The predicted molar refractivity (Wildman–Crippen MR) is 131 cm³/mol. The second-order valence-corrected chi connectivity index (χ2v) is 12.5. The van der Waals surface area contributed by atoms with E-state index in [1.54, 1.807) is 6.20 Å². The number of nitrogens with two attached hydrogens (primary N) is 1. The first-order valence-electron chi connectivity index (χ1n) is 10.8. The molecule has 0 radical (unpaired) electrons. The first-order valence-corrected chi connectivity index (χ1v) is 13.0. The number of thiophene rings is 1. The van der Waals surface area contributed by atoms with E-state index in [0.29, 0.717) is 18.0 Å². The Morgan fingerprint density at radius 2 is 1.91 bits per heavy atom. The van der Waals surface area contributed by atoms with Crippen LogP contribution in [-0.2, 0) is 32.7 Å². The van der Waals surface area contributed by atoms with E-state index >= 15 is 0 Å². The molecule has 7 nitrogen and oxygen atoms in total. The number of amides is 1. The number of hydrogen-bond acceptors (Lipinski definition) is 6. The predicted octanol–water partition coefficient (Wildman–Crippen LogP) is 5.25. The molecular weight excluding hydrogens is 458 g/mol. The third-order valence-electron chi connectivity index (χ3n) is 5.10. The van der Waals surface area contributed by atoms with E-state index in [9.17, 15) is 13.2 Å². The van der Waals surface area contributed by atoms with E-state index in [0.717, 1.165) is 45.1 Å². The van der Waals surface area contributed by atoms with Crippen LogP contribution in [0.2, 0.25) is 0 Å². The van der Waals surface area contributed by atoms with Crippen LogP contribution in [0.25, 0.3) is 11.1 Å². The number of carbonyl (C=O) groups excluding carboxylic acids is 1. The van der Waals surface area contributed by atoms with Gasteiger partial charge in [-0.15, -0.1) is 11.3 Å². The fourth-order valence-corrected chi connectivity index (χ4v) is 6.52. The SMILES string of the molecule is Cc1cc(Cn2ccnc2C(C)(C)C)ccc1-c1cc(CC(C)C)sc1S(=O)(=O)OC(N)=O. The van der Waals surface area contributed by atoms with Crippen LogP contribution in [0, 0.1) is 12.8 Å². The Balaban J connectivity index is 2.02. The molecule has 0 spiro atoms. The van der Waals surface area contributed by atoms with Crippen molar-refractivity contribution in [2.75, 3.05) is 0 Å². The topological polar surface area (TPSA) is 104 Å². The average molecular weight is 490 g/mol. The Kier molecular flexibility index (Phi) is 7.04. The van der Waals surface area contributed by atoms with Gasteiger partial charge in [0.1, 0.15) is 5.82 Å². The fourth-order valence-electron chi connectivity index (χ4n) is 3.85. The molecule has 3 rings (SSSR count). The van der Waals surface area contributed by atoms with Crippen molar-refractivity contribution in [2.45, 2.75) is 64.1 Å². The summed E-state index contributed by atoms with van der Waals surface area (Å²) in [6, 6.07) is 7.83. The minimum Gasteiger partial charge on any atom is -0.334 e. The van der Waals surface area contributed by atoms with Crippen LogP contribution >= 0.6 is 11.3 Å². The lowest BCUT2D eigenvalue weighted by atomic mass is 9.95. The first kappa shape index (κ1) is 25.0. The second kappa shape index (κ2) is 9.30. The lowest BCUT2D eigenvalue weighted by Gasteiger charge is -2.20. The van der Waals surface area contributed by atoms with Crippen LogP contribution in [0.1, 0.15) is 56.4 Å². The Morgan fingerprint density at radius 1 is 1.21 bits per heavy atom. The molecule has 0 saturated heterocycles. The van der Waals surface area contributed by atoms with Gasteiger partial charge in [-0.05, 0) is 42.0 Å². The number of rotatable bonds is 7. The van der Waals surface area contributed by atoms with Crippen LogP contribution in [0.5, 0.6) is 0 Å². The number of imidazole rings is 1. The number of hydrogen-bond donors (Lipinski definition) is 1. The smallest absolute Gasteiger partial charge is 0.334 e. The molecular formula is C24H31N3O4S2. The van der Waals surface area contributed by atoms with Gasteiger partial charge in [-0.25, -0.2) is 9.78 Å². The Labute approximate surface area is 199 Å². The maximum atomic E-state index is 12.7. The van der Waals surface area contributed by atoms with E-state index in [4.69, 9.17) is 5.73 Å². The normalized spacial score (nSPS) is 12.3. The average Bonchev–Trinajstić information content (AvgIpc) is 3.27. The molecule has 0 fully saturated rings. The number of aromatic nitrogens is 2. The number of primary amides is 1. The zero-order chi connectivity index (χ0) is 24.6. The molecule has 0 unspecified atom stereocenters. The van der Waals surface area contributed by atoms with Gasteiger partial charge in [0, 0.05) is 34.8 Å². The summed E-state index contributed by atoms with van der Waals surface area (Å²) in [5.41, 5.74) is 8.24. The highest BCUT2D eigenvalue weighted by molar-refractivity contribution is 7.89. The standard InChI is InChI=1S/C24H31N3O4S2/c1-15(2)11-18-13-20(21(32-18)33(29,30)31-23(25)28)19-8-7-17(12-16(19)3)14-27-10-9-26-22(27)24(4,5)6/h7-10,12-13,15H,11,14H2,1-6H3,(H2,25,28). The third kappa shape index (κ3) is 5.83. The summed E-state index contributed by atoms with van der Waals surface area (Å²) in [7, 11) is -4.31. The molecule has 1 aromatic carbocycles. The monoisotopic (exact) mass is 489 g/mol. The van der Waals surface area contributed by atoms with Gasteiger partial charge in [0.25, 0.3) is 0 Å². The molecule has 0 atom stereocenters. The Morgan fingerprint density at radius 3 is 2.48 bits per heavy atom. The zero-order valence-electron chi connectivity index (χ0n) is 19.9. The van der Waals surface area contributed by atoms with Gasteiger partial charge < -0.3 is 14.5 Å². The second-order valence-electron chi connectivity index (χ2n) is 9.65. The number of carbonyl (C=O) groups is 1.